The summed E-state index contributed by atoms with van der Waals surface area (Å²) < 4.78 is 39.8. The van der Waals surface area contributed by atoms with Gasteiger partial charge in [0.05, 0.1) is 12.4 Å². The van der Waals surface area contributed by atoms with Crippen molar-refractivity contribution in [1.29, 1.82) is 0 Å². The Hall–Kier alpha value is -6.18. The molecule has 59 heavy (non-hydrogen) atoms. The van der Waals surface area contributed by atoms with Gasteiger partial charge in [0.1, 0.15) is 43.1 Å². The molecule has 0 spiro atoms. The second-order valence-corrected chi connectivity index (χ2v) is 15.3. The molecule has 2 aromatic carbocycles. The quantitative estimate of drug-likeness (QED) is 0.204. The lowest BCUT2D eigenvalue weighted by atomic mass is 10.1. The van der Waals surface area contributed by atoms with Gasteiger partial charge in [-0.1, -0.05) is 49.9 Å². The van der Waals surface area contributed by atoms with Gasteiger partial charge in [0.25, 0.3) is 11.8 Å². The second kappa shape index (κ2) is 14.9. The van der Waals surface area contributed by atoms with E-state index < -0.39 is 24.0 Å². The van der Waals surface area contributed by atoms with Crippen LogP contribution in [0.4, 0.5) is 11.6 Å². The van der Waals surface area contributed by atoms with Crippen molar-refractivity contribution >= 4 is 45.8 Å². The summed E-state index contributed by atoms with van der Waals surface area (Å²) in [6, 6.07) is 17.8. The largest absolute Gasteiger partial charge is 0.469 e. The van der Waals surface area contributed by atoms with Crippen LogP contribution in [0.3, 0.4) is 0 Å². The van der Waals surface area contributed by atoms with Crippen LogP contribution in [0.5, 0.6) is 0 Å². The molecule has 4 saturated heterocycles. The van der Waals surface area contributed by atoms with Gasteiger partial charge in [0, 0.05) is 11.1 Å². The predicted molar refractivity (Wildman–Crippen MR) is 211 cm³/mol. The first kappa shape index (κ1) is 38.3. The third-order valence-electron chi connectivity index (χ3n) is 10.3. The highest BCUT2D eigenvalue weighted by Gasteiger charge is 2.56. The van der Waals surface area contributed by atoms with Gasteiger partial charge < -0.3 is 39.1 Å². The van der Waals surface area contributed by atoms with E-state index in [-0.39, 0.29) is 42.3 Å². The number of nitrogens with zero attached hydrogens (tertiary/aromatic N) is 8. The Labute approximate surface area is 337 Å². The maximum absolute atomic E-state index is 12.6. The molecule has 2 N–H and O–H groups in total. The minimum Gasteiger partial charge on any atom is -0.469 e. The average Bonchev–Trinajstić information content (AvgIpc) is 4.08. The number of nitrogens with one attached hydrogen (secondary N) is 2. The van der Waals surface area contributed by atoms with Crippen LogP contribution in [-0.4, -0.2) is 92.9 Å². The highest BCUT2D eigenvalue weighted by Crippen LogP contribution is 2.46. The number of carbonyl (C=O) groups excluding carboxylic acids is 2. The Kier molecular flexibility index (Phi) is 9.67. The van der Waals surface area contributed by atoms with Crippen molar-refractivity contribution in [2.45, 2.75) is 95.6 Å². The first-order chi connectivity index (χ1) is 28.4. The number of rotatable bonds is 7. The fraction of sp³-hybridized carbons (Fsp3) is 0.366. The highest BCUT2D eigenvalue weighted by molar-refractivity contribution is 6.07. The molecule has 0 radical (unpaired) electrons. The van der Waals surface area contributed by atoms with Crippen molar-refractivity contribution in [2.75, 3.05) is 10.6 Å². The Morgan fingerprint density at radius 3 is 1.69 bits per heavy atom. The lowest BCUT2D eigenvalue weighted by Gasteiger charge is -2.24. The van der Waals surface area contributed by atoms with Crippen LogP contribution in [0, 0.1) is 0 Å². The molecule has 4 fully saturated rings. The number of fused-ring (bicyclic) bond motifs is 4. The summed E-state index contributed by atoms with van der Waals surface area (Å²) >= 11 is 0. The van der Waals surface area contributed by atoms with Crippen molar-refractivity contribution in [3.05, 3.63) is 109 Å². The average molecular weight is 803 g/mol. The number of hydrogen-bond donors (Lipinski definition) is 2. The number of anilines is 2. The number of amides is 2. The van der Waals surface area contributed by atoms with Crippen molar-refractivity contribution in [1.82, 2.24) is 39.0 Å². The molecule has 2 unspecified atom stereocenters. The van der Waals surface area contributed by atoms with E-state index in [1.807, 2.05) is 56.5 Å². The Morgan fingerprint density at radius 2 is 1.15 bits per heavy atom. The van der Waals surface area contributed by atoms with Crippen molar-refractivity contribution < 1.29 is 38.0 Å². The van der Waals surface area contributed by atoms with Crippen LogP contribution < -0.4 is 10.6 Å². The van der Waals surface area contributed by atoms with Crippen molar-refractivity contribution in [3.63, 3.8) is 0 Å². The van der Waals surface area contributed by atoms with Gasteiger partial charge in [0.2, 0.25) is 6.23 Å². The van der Waals surface area contributed by atoms with Gasteiger partial charge >= 0.3 is 0 Å². The van der Waals surface area contributed by atoms with Crippen LogP contribution >= 0.6 is 0 Å². The molecule has 18 nitrogen and oxygen atoms in total. The third kappa shape index (κ3) is 7.18. The number of benzene rings is 2. The predicted octanol–water partition coefficient (Wildman–Crippen LogP) is 5.55. The van der Waals surface area contributed by atoms with E-state index in [0.29, 0.717) is 50.8 Å². The van der Waals surface area contributed by atoms with Gasteiger partial charge in [-0.3, -0.25) is 18.7 Å². The van der Waals surface area contributed by atoms with Crippen LogP contribution in [0.25, 0.3) is 22.3 Å². The molecule has 4 aromatic heterocycles. The Balaban J connectivity index is 0.000000152. The smallest absolute Gasteiger partial charge is 0.256 e. The van der Waals surface area contributed by atoms with Crippen LogP contribution in [0.15, 0.2) is 98.3 Å². The zero-order valence-corrected chi connectivity index (χ0v) is 32.9. The molecule has 2 amide bonds. The summed E-state index contributed by atoms with van der Waals surface area (Å²) in [7, 11) is 0. The topological polar surface area (TPSA) is 201 Å². The minimum absolute atomic E-state index is 0.0849. The molecule has 0 bridgehead atoms. The molecular formula is C41H42N10O8. The summed E-state index contributed by atoms with van der Waals surface area (Å²) in [6.07, 6.45) is 4.57. The van der Waals surface area contributed by atoms with Crippen LogP contribution in [0.1, 0.15) is 74.2 Å². The summed E-state index contributed by atoms with van der Waals surface area (Å²) in [5.41, 5.74) is 3.07. The number of carbonyl (C=O) groups is 2. The molecular weight excluding hydrogens is 761 g/mol. The van der Waals surface area contributed by atoms with Crippen LogP contribution in [-0.2, 0) is 28.4 Å². The first-order valence-corrected chi connectivity index (χ1v) is 19.2. The van der Waals surface area contributed by atoms with E-state index in [4.69, 9.17) is 28.4 Å². The fourth-order valence-corrected chi connectivity index (χ4v) is 7.76. The van der Waals surface area contributed by atoms with E-state index >= 15 is 0 Å². The fourth-order valence-electron chi connectivity index (χ4n) is 7.76. The van der Waals surface area contributed by atoms with Crippen molar-refractivity contribution in [3.8, 4) is 0 Å². The molecule has 0 saturated carbocycles. The van der Waals surface area contributed by atoms with Crippen LogP contribution in [0.2, 0.25) is 0 Å². The lowest BCUT2D eigenvalue weighted by Crippen LogP contribution is -2.28. The number of ether oxygens (including phenoxy) is 6. The molecule has 10 rings (SSSR count). The van der Waals surface area contributed by atoms with E-state index in [2.05, 4.69) is 54.0 Å². The van der Waals surface area contributed by atoms with Gasteiger partial charge in [-0.05, 0) is 58.4 Å². The monoisotopic (exact) mass is 802 g/mol. The van der Waals surface area contributed by atoms with Gasteiger partial charge in [0.15, 0.2) is 57.9 Å². The molecule has 18 heteroatoms. The molecule has 0 aliphatic carbocycles. The van der Waals surface area contributed by atoms with Gasteiger partial charge in [-0.2, -0.15) is 0 Å². The zero-order chi connectivity index (χ0) is 41.1. The molecule has 4 aliphatic rings. The molecule has 7 atom stereocenters. The minimum atomic E-state index is -0.736. The first-order valence-electron chi connectivity index (χ1n) is 19.2. The molecule has 6 aromatic rings. The zero-order valence-electron chi connectivity index (χ0n) is 32.9. The number of hydrogen-bond acceptors (Lipinski definition) is 14. The molecule has 8 heterocycles. The maximum atomic E-state index is 12.6. The Bertz CT molecular complexity index is 2540. The number of aromatic nitrogens is 8. The summed E-state index contributed by atoms with van der Waals surface area (Å²) in [5, 5.41) is 5.61. The van der Waals surface area contributed by atoms with Crippen molar-refractivity contribution in [2.24, 2.45) is 0 Å². The van der Waals surface area contributed by atoms with E-state index in [1.165, 1.54) is 12.7 Å². The van der Waals surface area contributed by atoms with E-state index in [9.17, 15) is 9.59 Å². The SMILES string of the molecule is C=C1O[C@@H](n2cnc3c(NC(=O)c4ccccc4)ncnc32)C2OC(C)(C)O[C@@H]12.CC[C@H]1O[C@@H](n2cnc3c(NC(=O)c4ccccc4)ncnc32)C2OC(C)(C)O[C@H]21. The van der Waals surface area contributed by atoms with E-state index in [1.54, 1.807) is 53.6 Å². The molecule has 304 valence electrons. The summed E-state index contributed by atoms with van der Waals surface area (Å²) in [6.45, 7) is 13.5. The number of imidazole rings is 2. The maximum Gasteiger partial charge on any atom is 0.256 e. The standard InChI is InChI=1S/C21H23N5O4.C20H19N5O4/c1-4-13-15-16(30-21(2,3)29-15)20(28-13)26-11-24-14-17(22-10-23-18(14)26)25-19(27)12-8-6-5-7-9-12;1-11-14-15(29-20(2,3)28-14)19(27-11)25-10-23-13-16(21-9-22-17(13)25)24-18(26)12-7-5-4-6-8-12/h5-11,13,15-16,20H,4H2,1-3H3,(H,22,23,25,27);4-10,14-15,19H,1H2,2-3H3,(H,21,22,24,26)/t13-,15+,16?,20-;14-,15?,19+/m10/s1. The third-order valence-corrected chi connectivity index (χ3v) is 10.3. The normalized spacial score (nSPS) is 26.2. The molecule has 4 aliphatic heterocycles. The summed E-state index contributed by atoms with van der Waals surface area (Å²) in [5.74, 6) is -0.786. The second-order valence-electron chi connectivity index (χ2n) is 15.3. The lowest BCUT2D eigenvalue weighted by molar-refractivity contribution is -0.196. The van der Waals surface area contributed by atoms with Gasteiger partial charge in [-0.15, -0.1) is 0 Å². The summed E-state index contributed by atoms with van der Waals surface area (Å²) in [4.78, 5) is 51.0. The highest BCUT2D eigenvalue weighted by atomic mass is 16.8. The van der Waals surface area contributed by atoms with Gasteiger partial charge in [-0.25, -0.2) is 29.9 Å². The Morgan fingerprint density at radius 1 is 0.661 bits per heavy atom. The van der Waals surface area contributed by atoms with E-state index in [0.717, 1.165) is 6.42 Å².